The van der Waals surface area contributed by atoms with Crippen LogP contribution in [0.1, 0.15) is 20.8 Å². The number of carbonyl (C=O) groups is 1. The molecule has 26 heavy (non-hydrogen) atoms. The van der Waals surface area contributed by atoms with Crippen LogP contribution in [0.25, 0.3) is 0 Å². The number of aromatic nitrogens is 1. The Morgan fingerprint density at radius 3 is 2.50 bits per heavy atom. The Bertz CT molecular complexity index is 989. The van der Waals surface area contributed by atoms with Crippen molar-refractivity contribution in [2.24, 2.45) is 0 Å². The van der Waals surface area contributed by atoms with Crippen LogP contribution in [0, 0.1) is 29.1 Å². The van der Waals surface area contributed by atoms with Crippen molar-refractivity contribution in [3.8, 4) is 0 Å². The molecule has 2 aromatic carbocycles. The number of benzene rings is 2. The molecule has 0 bridgehead atoms. The molecule has 9 heteroatoms. The topological polar surface area (TPSA) is 42.0 Å². The highest BCUT2D eigenvalue weighted by Gasteiger charge is 2.17. The first-order chi connectivity index (χ1) is 12.3. The maximum absolute atomic E-state index is 13.7. The Kier molecular flexibility index (Phi) is 4.99. The first-order valence-electron chi connectivity index (χ1n) is 7.18. The van der Waals surface area contributed by atoms with Crippen molar-refractivity contribution in [1.82, 2.24) is 4.98 Å². The van der Waals surface area contributed by atoms with Gasteiger partial charge in [-0.2, -0.15) is 0 Å². The first-order valence-corrected chi connectivity index (χ1v) is 8.00. The van der Waals surface area contributed by atoms with Crippen molar-refractivity contribution in [2.75, 3.05) is 5.32 Å². The molecule has 3 aromatic rings. The molecule has 0 spiro atoms. The van der Waals surface area contributed by atoms with Crippen molar-refractivity contribution in [3.05, 3.63) is 81.6 Å². The fourth-order valence-corrected chi connectivity index (χ4v) is 3.01. The molecule has 0 aliphatic carbocycles. The Morgan fingerprint density at radius 1 is 1.00 bits per heavy atom. The normalized spacial score (nSPS) is 10.8. The van der Waals surface area contributed by atoms with Gasteiger partial charge in [-0.05, 0) is 23.8 Å². The van der Waals surface area contributed by atoms with Crippen LogP contribution >= 0.6 is 11.3 Å². The second-order valence-electron chi connectivity index (χ2n) is 5.22. The standard InChI is InChI=1S/C17H9F5N2OS/c18-9-2-3-11(13(20)6-9)16(25)24-17-23-7-10(26-17)5-8-1-4-12(19)15(22)14(8)21/h1-4,6-7H,5H2,(H,23,24,25). The van der Waals surface area contributed by atoms with Gasteiger partial charge in [0.2, 0.25) is 0 Å². The summed E-state index contributed by atoms with van der Waals surface area (Å²) in [5.74, 6) is -6.82. The summed E-state index contributed by atoms with van der Waals surface area (Å²) < 4.78 is 66.3. The molecule has 134 valence electrons. The molecule has 0 unspecified atom stereocenters. The number of hydrogen-bond acceptors (Lipinski definition) is 3. The van der Waals surface area contributed by atoms with Gasteiger partial charge in [0, 0.05) is 23.6 Å². The van der Waals surface area contributed by atoms with Crippen molar-refractivity contribution < 1.29 is 26.7 Å². The van der Waals surface area contributed by atoms with Crippen LogP contribution in [0.4, 0.5) is 27.1 Å². The molecule has 0 aliphatic heterocycles. The summed E-state index contributed by atoms with van der Waals surface area (Å²) in [4.78, 5) is 16.3. The number of nitrogens with zero attached hydrogens (tertiary/aromatic N) is 1. The number of thiazole rings is 1. The lowest BCUT2D eigenvalue weighted by Crippen LogP contribution is -2.13. The number of hydrogen-bond donors (Lipinski definition) is 1. The first kappa shape index (κ1) is 18.0. The zero-order valence-corrected chi connectivity index (χ0v) is 13.6. The monoisotopic (exact) mass is 384 g/mol. The van der Waals surface area contributed by atoms with Crippen molar-refractivity contribution >= 4 is 22.4 Å². The third-order valence-electron chi connectivity index (χ3n) is 3.43. The Balaban J connectivity index is 1.74. The number of amides is 1. The minimum atomic E-state index is -1.56. The second-order valence-corrected chi connectivity index (χ2v) is 6.34. The summed E-state index contributed by atoms with van der Waals surface area (Å²) in [6, 6.07) is 4.44. The van der Waals surface area contributed by atoms with Crippen LogP contribution in [0.3, 0.4) is 0 Å². The van der Waals surface area contributed by atoms with Gasteiger partial charge >= 0.3 is 0 Å². The van der Waals surface area contributed by atoms with E-state index in [1.54, 1.807) is 0 Å². The largest absolute Gasteiger partial charge is 0.298 e. The third-order valence-corrected chi connectivity index (χ3v) is 4.34. The van der Waals surface area contributed by atoms with Gasteiger partial charge in [0.25, 0.3) is 5.91 Å². The minimum absolute atomic E-state index is 0.0680. The van der Waals surface area contributed by atoms with E-state index in [4.69, 9.17) is 0 Å². The quantitative estimate of drug-likeness (QED) is 0.524. The maximum atomic E-state index is 13.7. The molecule has 3 rings (SSSR count). The summed E-state index contributed by atoms with van der Waals surface area (Å²) in [5.41, 5.74) is -0.440. The molecule has 1 heterocycles. The van der Waals surface area contributed by atoms with Gasteiger partial charge in [0.1, 0.15) is 11.6 Å². The zero-order valence-electron chi connectivity index (χ0n) is 12.8. The number of rotatable bonds is 4. The van der Waals surface area contributed by atoms with Crippen LogP contribution in [0.5, 0.6) is 0 Å². The lowest BCUT2D eigenvalue weighted by atomic mass is 10.1. The molecule has 0 atom stereocenters. The van der Waals surface area contributed by atoms with Gasteiger partial charge in [-0.3, -0.25) is 10.1 Å². The summed E-state index contributed by atoms with van der Waals surface area (Å²) in [7, 11) is 0. The molecule has 0 aliphatic rings. The van der Waals surface area contributed by atoms with E-state index in [1.165, 1.54) is 6.20 Å². The van der Waals surface area contributed by atoms with Crippen LogP contribution in [-0.2, 0) is 6.42 Å². The lowest BCUT2D eigenvalue weighted by Gasteiger charge is -2.03. The molecule has 0 fully saturated rings. The highest BCUT2D eigenvalue weighted by molar-refractivity contribution is 7.15. The third kappa shape index (κ3) is 3.72. The van der Waals surface area contributed by atoms with Gasteiger partial charge in [0.15, 0.2) is 22.6 Å². The average Bonchev–Trinajstić information content (AvgIpc) is 3.02. The molecule has 3 nitrogen and oxygen atoms in total. The number of nitrogens with one attached hydrogen (secondary N) is 1. The Labute approximate surface area is 148 Å². The molecular weight excluding hydrogens is 375 g/mol. The molecular formula is C17H9F5N2OS. The zero-order chi connectivity index (χ0) is 18.8. The van der Waals surface area contributed by atoms with E-state index in [0.29, 0.717) is 10.9 Å². The summed E-state index contributed by atoms with van der Waals surface area (Å²) in [5, 5.41) is 2.43. The maximum Gasteiger partial charge on any atom is 0.260 e. The van der Waals surface area contributed by atoms with Gasteiger partial charge in [0.05, 0.1) is 5.56 Å². The molecule has 0 radical (unpaired) electrons. The van der Waals surface area contributed by atoms with Gasteiger partial charge < -0.3 is 0 Å². The van der Waals surface area contributed by atoms with E-state index in [0.717, 1.165) is 35.6 Å². The highest BCUT2D eigenvalue weighted by Crippen LogP contribution is 2.24. The summed E-state index contributed by atoms with van der Waals surface area (Å²) in [6.07, 6.45) is 1.25. The Hall–Kier alpha value is -2.81. The van der Waals surface area contributed by atoms with Gasteiger partial charge in [-0.25, -0.2) is 26.9 Å². The minimum Gasteiger partial charge on any atom is -0.298 e. The molecule has 0 saturated carbocycles. The average molecular weight is 384 g/mol. The predicted molar refractivity (Wildman–Crippen MR) is 85.5 cm³/mol. The van der Waals surface area contributed by atoms with E-state index in [9.17, 15) is 26.7 Å². The Morgan fingerprint density at radius 2 is 1.77 bits per heavy atom. The lowest BCUT2D eigenvalue weighted by molar-refractivity contribution is 0.102. The molecule has 1 aromatic heterocycles. The van der Waals surface area contributed by atoms with Gasteiger partial charge in [-0.1, -0.05) is 6.07 Å². The number of anilines is 1. The van der Waals surface area contributed by atoms with Crippen LogP contribution in [-0.4, -0.2) is 10.9 Å². The van der Waals surface area contributed by atoms with Gasteiger partial charge in [-0.15, -0.1) is 11.3 Å². The molecule has 1 N–H and O–H groups in total. The molecule has 1 amide bonds. The van der Waals surface area contributed by atoms with Crippen LogP contribution in [0.2, 0.25) is 0 Å². The number of carbonyl (C=O) groups excluding carboxylic acids is 1. The number of halogens is 5. The summed E-state index contributed by atoms with van der Waals surface area (Å²) >= 11 is 0.956. The predicted octanol–water partition coefficient (Wildman–Crippen LogP) is 4.68. The van der Waals surface area contributed by atoms with E-state index in [1.807, 2.05) is 0 Å². The van der Waals surface area contributed by atoms with Crippen molar-refractivity contribution in [1.29, 1.82) is 0 Å². The van der Waals surface area contributed by atoms with E-state index in [-0.39, 0.29) is 22.7 Å². The van der Waals surface area contributed by atoms with Crippen molar-refractivity contribution in [3.63, 3.8) is 0 Å². The second kappa shape index (κ2) is 7.20. The highest BCUT2D eigenvalue weighted by atomic mass is 32.1. The molecule has 0 saturated heterocycles. The van der Waals surface area contributed by atoms with Crippen LogP contribution < -0.4 is 5.32 Å². The SMILES string of the molecule is O=C(Nc1ncc(Cc2ccc(F)c(F)c2F)s1)c1ccc(F)cc1F. The van der Waals surface area contributed by atoms with E-state index in [2.05, 4.69) is 10.3 Å². The van der Waals surface area contributed by atoms with Crippen LogP contribution in [0.15, 0.2) is 36.5 Å². The van der Waals surface area contributed by atoms with E-state index < -0.39 is 35.0 Å². The van der Waals surface area contributed by atoms with Crippen molar-refractivity contribution in [2.45, 2.75) is 6.42 Å². The fourth-order valence-electron chi connectivity index (χ4n) is 2.18. The van der Waals surface area contributed by atoms with E-state index >= 15 is 0 Å². The fraction of sp³-hybridized carbons (Fsp3) is 0.0588. The summed E-state index contributed by atoms with van der Waals surface area (Å²) in [6.45, 7) is 0. The smallest absolute Gasteiger partial charge is 0.260 e.